The summed E-state index contributed by atoms with van der Waals surface area (Å²) in [6.45, 7) is 0. The van der Waals surface area contributed by atoms with Crippen LogP contribution in [-0.2, 0) is 5.41 Å². The van der Waals surface area contributed by atoms with Crippen LogP contribution in [0.1, 0.15) is 24.2 Å². The Kier molecular flexibility index (Phi) is 2.81. The Bertz CT molecular complexity index is 562. The predicted octanol–water partition coefficient (Wildman–Crippen LogP) is 3.56. The highest BCUT2D eigenvalue weighted by Crippen LogP contribution is 2.52. The Morgan fingerprint density at radius 1 is 1.21 bits per heavy atom. The second-order valence-corrected chi connectivity index (χ2v) is 5.50. The summed E-state index contributed by atoms with van der Waals surface area (Å²) in [6, 6.07) is 6.32. The molecule has 0 saturated heterocycles. The Balaban J connectivity index is 1.84. The van der Waals surface area contributed by atoms with Crippen LogP contribution in [0.3, 0.4) is 0 Å². The topological polar surface area (TPSA) is 38.9 Å². The number of nitrogens with zero attached hydrogens (tertiary/aromatic N) is 2. The summed E-state index contributed by atoms with van der Waals surface area (Å²) >= 11 is -0.118. The first-order valence-electron chi connectivity index (χ1n) is 5.56. The highest BCUT2D eigenvalue weighted by atomic mass is 32.2. The highest BCUT2D eigenvalue weighted by Gasteiger charge is 2.49. The van der Waals surface area contributed by atoms with Crippen LogP contribution in [0.2, 0.25) is 0 Å². The number of rotatable bonds is 3. The van der Waals surface area contributed by atoms with Crippen LogP contribution >= 0.6 is 11.8 Å². The van der Waals surface area contributed by atoms with Crippen molar-refractivity contribution in [1.82, 2.24) is 10.1 Å². The number of aromatic nitrogens is 2. The third kappa shape index (κ3) is 2.47. The van der Waals surface area contributed by atoms with Gasteiger partial charge in [-0.1, -0.05) is 17.3 Å². The first kappa shape index (κ1) is 12.5. The van der Waals surface area contributed by atoms with Gasteiger partial charge in [0.25, 0.3) is 0 Å². The molecule has 1 aliphatic carbocycles. The van der Waals surface area contributed by atoms with Crippen molar-refractivity contribution < 1.29 is 17.7 Å². The van der Waals surface area contributed by atoms with Crippen molar-refractivity contribution in [3.05, 3.63) is 42.0 Å². The lowest BCUT2D eigenvalue weighted by Crippen LogP contribution is -2.10. The second kappa shape index (κ2) is 4.26. The van der Waals surface area contributed by atoms with E-state index in [9.17, 15) is 13.2 Å². The van der Waals surface area contributed by atoms with Gasteiger partial charge >= 0.3 is 11.9 Å². The third-order valence-corrected chi connectivity index (χ3v) is 3.88. The number of alkyl halides is 3. The maximum Gasteiger partial charge on any atom is 0.446 e. The smallest absolute Gasteiger partial charge is 0.329 e. The molecule has 0 aliphatic heterocycles. The number of halogens is 3. The van der Waals surface area contributed by atoms with Gasteiger partial charge in [0.15, 0.2) is 5.82 Å². The van der Waals surface area contributed by atoms with Gasteiger partial charge in [-0.2, -0.15) is 18.2 Å². The molecule has 1 saturated carbocycles. The fourth-order valence-electron chi connectivity index (χ4n) is 2.08. The summed E-state index contributed by atoms with van der Waals surface area (Å²) in [4.78, 5) is 4.09. The summed E-state index contributed by atoms with van der Waals surface area (Å²) in [5, 5.41) is 3.78. The molecule has 0 N–H and O–H groups in total. The Hall–Kier alpha value is -1.50. The van der Waals surface area contributed by atoms with Crippen LogP contribution in [0.5, 0.6) is 0 Å². The predicted molar refractivity (Wildman–Crippen MR) is 61.5 cm³/mol. The van der Waals surface area contributed by atoms with E-state index in [2.05, 4.69) is 21.1 Å². The molecule has 99 valence electrons. The molecule has 0 unspecified atom stereocenters. The van der Waals surface area contributed by atoms with Gasteiger partial charge < -0.3 is 4.52 Å². The van der Waals surface area contributed by atoms with Gasteiger partial charge in [0.05, 0.1) is 5.41 Å². The van der Waals surface area contributed by atoms with Gasteiger partial charge in [0.2, 0.25) is 0 Å². The summed E-state index contributed by atoms with van der Waals surface area (Å²) in [5.41, 5.74) is -3.65. The largest absolute Gasteiger partial charge is 0.446 e. The molecule has 1 fully saturated rings. The van der Waals surface area contributed by atoms with Gasteiger partial charge in [0.1, 0.15) is 0 Å². The van der Waals surface area contributed by atoms with E-state index < -0.39 is 5.51 Å². The van der Waals surface area contributed by atoms with Gasteiger partial charge in [-0.3, -0.25) is 0 Å². The molecule has 7 heteroatoms. The molecule has 3 nitrogen and oxygen atoms in total. The van der Waals surface area contributed by atoms with E-state index in [-0.39, 0.29) is 22.1 Å². The van der Waals surface area contributed by atoms with Gasteiger partial charge in [-0.15, -0.1) is 0 Å². The van der Waals surface area contributed by atoms with Crippen molar-refractivity contribution in [3.63, 3.8) is 0 Å². The van der Waals surface area contributed by atoms with E-state index >= 15 is 0 Å². The van der Waals surface area contributed by atoms with E-state index in [1.54, 1.807) is 12.1 Å². The average molecular weight is 285 g/mol. The first-order chi connectivity index (χ1) is 9.00. The Morgan fingerprint density at radius 3 is 2.37 bits per heavy atom. The lowest BCUT2D eigenvalue weighted by Gasteiger charge is -2.12. The van der Waals surface area contributed by atoms with Crippen molar-refractivity contribution >= 4 is 11.8 Å². The second-order valence-electron chi connectivity index (χ2n) is 4.36. The molecule has 3 rings (SSSR count). The van der Waals surface area contributed by atoms with Crippen molar-refractivity contribution in [1.29, 1.82) is 0 Å². The molecule has 0 bridgehead atoms. The molecule has 1 aliphatic rings. The summed E-state index contributed by atoms with van der Waals surface area (Å²) in [7, 11) is 0. The van der Waals surface area contributed by atoms with E-state index in [0.717, 1.165) is 18.4 Å². The minimum atomic E-state index is -4.26. The minimum Gasteiger partial charge on any atom is -0.329 e. The standard InChI is InChI=1S/C12H8F3N2OS/c13-12(14,15)19-9-3-1-8(2-4-9)11(5-6-11)10-16-7-18-17-10/h1-4H,5-6H2. The molecule has 0 spiro atoms. The quantitative estimate of drug-likeness (QED) is 0.808. The van der Waals surface area contributed by atoms with Gasteiger partial charge in [-0.05, 0) is 42.3 Å². The zero-order chi connectivity index (χ0) is 13.5. The number of hydrogen-bond acceptors (Lipinski definition) is 4. The third-order valence-electron chi connectivity index (χ3n) is 3.14. The van der Waals surface area contributed by atoms with Crippen molar-refractivity contribution in [2.75, 3.05) is 0 Å². The van der Waals surface area contributed by atoms with Crippen molar-refractivity contribution in [3.8, 4) is 0 Å². The Labute approximate surface area is 111 Å². The van der Waals surface area contributed by atoms with Crippen LogP contribution in [0.4, 0.5) is 13.2 Å². The maximum absolute atomic E-state index is 12.2. The van der Waals surface area contributed by atoms with Crippen LogP contribution in [0, 0.1) is 6.39 Å². The van der Waals surface area contributed by atoms with Crippen LogP contribution in [0.25, 0.3) is 0 Å². The molecule has 2 aromatic rings. The van der Waals surface area contributed by atoms with Crippen molar-refractivity contribution in [2.45, 2.75) is 28.7 Å². The Morgan fingerprint density at radius 2 is 1.89 bits per heavy atom. The number of thioether (sulfide) groups is 1. The zero-order valence-electron chi connectivity index (χ0n) is 9.57. The summed E-state index contributed by atoms with van der Waals surface area (Å²) < 4.78 is 41.3. The minimum absolute atomic E-state index is 0.118. The molecular formula is C12H8F3N2OS. The van der Waals surface area contributed by atoms with Crippen LogP contribution < -0.4 is 0 Å². The molecular weight excluding hydrogens is 277 g/mol. The lowest BCUT2D eigenvalue weighted by atomic mass is 9.95. The molecule has 1 radical (unpaired) electrons. The van der Waals surface area contributed by atoms with Gasteiger partial charge in [-0.25, -0.2) is 0 Å². The monoisotopic (exact) mass is 285 g/mol. The lowest BCUT2D eigenvalue weighted by molar-refractivity contribution is -0.0328. The molecule has 1 aromatic carbocycles. The van der Waals surface area contributed by atoms with Crippen molar-refractivity contribution in [2.24, 2.45) is 0 Å². The fourth-order valence-corrected chi connectivity index (χ4v) is 2.62. The first-order valence-corrected chi connectivity index (χ1v) is 6.38. The average Bonchev–Trinajstić information content (AvgIpc) is 2.96. The molecule has 0 amide bonds. The normalized spacial score (nSPS) is 17.4. The molecule has 1 aromatic heterocycles. The van der Waals surface area contributed by atoms with E-state index in [0.29, 0.717) is 5.82 Å². The summed E-state index contributed by atoms with van der Waals surface area (Å²) in [5.74, 6) is 0.545. The van der Waals surface area contributed by atoms with E-state index in [1.807, 2.05) is 0 Å². The fraction of sp³-hybridized carbons (Fsp3) is 0.333. The molecule has 1 heterocycles. The van der Waals surface area contributed by atoms with E-state index in [1.165, 1.54) is 12.1 Å². The van der Waals surface area contributed by atoms with Gasteiger partial charge in [0, 0.05) is 4.90 Å². The zero-order valence-corrected chi connectivity index (χ0v) is 10.4. The highest BCUT2D eigenvalue weighted by molar-refractivity contribution is 8.00. The summed E-state index contributed by atoms with van der Waals surface area (Å²) in [6.07, 6.45) is 4.03. The van der Waals surface area contributed by atoms with Crippen LogP contribution in [0.15, 0.2) is 33.7 Å². The number of hydrogen-bond donors (Lipinski definition) is 0. The molecule has 0 atom stereocenters. The maximum atomic E-state index is 12.2. The SMILES string of the molecule is FC(F)(F)Sc1ccc(C2(c3n[c]on3)CC2)cc1. The molecule has 19 heavy (non-hydrogen) atoms. The van der Waals surface area contributed by atoms with E-state index in [4.69, 9.17) is 0 Å². The van der Waals surface area contributed by atoms with Crippen LogP contribution in [-0.4, -0.2) is 15.6 Å². The number of benzene rings is 1.